The summed E-state index contributed by atoms with van der Waals surface area (Å²) >= 11 is 0. The Labute approximate surface area is 428 Å². The summed E-state index contributed by atoms with van der Waals surface area (Å²) in [5.74, 6) is -0.311. The van der Waals surface area contributed by atoms with Gasteiger partial charge < -0.3 is 89.9 Å². The SMILES string of the molecule is CCCCCCCCCCCCCCCCCCCC/C=C/CC/C=C/C(O)C(COC1OC(CO)C(OC2OC(CO)C(OC3OC(CO)C(O)C(O)C3O)C(O)C2O)C(O)C1O)NC(=O)CCCCC. The summed E-state index contributed by atoms with van der Waals surface area (Å²) in [4.78, 5) is 12.9. The summed E-state index contributed by atoms with van der Waals surface area (Å²) in [6.45, 7) is 1.49. The van der Waals surface area contributed by atoms with Crippen LogP contribution in [0.25, 0.3) is 0 Å². The van der Waals surface area contributed by atoms with Crippen LogP contribution in [-0.4, -0.2) is 193 Å². The van der Waals surface area contributed by atoms with Crippen LogP contribution in [0.4, 0.5) is 0 Å². The number of aliphatic hydroxyl groups excluding tert-OH is 11. The van der Waals surface area contributed by atoms with E-state index in [1.807, 2.05) is 13.0 Å². The molecule has 0 spiro atoms. The molecular formula is C53H97NO18. The molecule has 422 valence electrons. The van der Waals surface area contributed by atoms with Crippen molar-refractivity contribution < 1.29 is 89.4 Å². The molecule has 3 heterocycles. The number of hydrogen-bond acceptors (Lipinski definition) is 18. The van der Waals surface area contributed by atoms with Crippen LogP contribution in [0.1, 0.15) is 174 Å². The van der Waals surface area contributed by atoms with E-state index in [9.17, 15) is 61.0 Å². The highest BCUT2D eigenvalue weighted by Gasteiger charge is 2.53. The molecule has 0 aromatic rings. The van der Waals surface area contributed by atoms with Crippen LogP contribution in [0.5, 0.6) is 0 Å². The van der Waals surface area contributed by atoms with Crippen LogP contribution >= 0.6 is 0 Å². The van der Waals surface area contributed by atoms with Gasteiger partial charge in [0.2, 0.25) is 5.91 Å². The van der Waals surface area contributed by atoms with Crippen LogP contribution in [-0.2, 0) is 33.2 Å². The molecule has 3 rings (SSSR count). The third-order valence-electron chi connectivity index (χ3n) is 14.0. The molecule has 3 saturated heterocycles. The second kappa shape index (κ2) is 37.9. The van der Waals surface area contributed by atoms with Gasteiger partial charge >= 0.3 is 0 Å². The molecule has 17 atom stereocenters. The number of carbonyl (C=O) groups is 1. The first-order chi connectivity index (χ1) is 34.8. The molecule has 3 fully saturated rings. The molecule has 72 heavy (non-hydrogen) atoms. The van der Waals surface area contributed by atoms with E-state index in [0.29, 0.717) is 12.8 Å². The van der Waals surface area contributed by atoms with Gasteiger partial charge in [0.1, 0.15) is 73.2 Å². The maximum absolute atomic E-state index is 12.9. The van der Waals surface area contributed by atoms with Gasteiger partial charge in [0.05, 0.1) is 38.6 Å². The highest BCUT2D eigenvalue weighted by Crippen LogP contribution is 2.33. The summed E-state index contributed by atoms with van der Waals surface area (Å²) in [7, 11) is 0. The lowest BCUT2D eigenvalue weighted by Crippen LogP contribution is -2.66. The number of rotatable bonds is 39. The molecule has 1 amide bonds. The number of ether oxygens (including phenoxy) is 6. The minimum absolute atomic E-state index is 0.222. The molecule has 19 heteroatoms. The van der Waals surface area contributed by atoms with Crippen molar-refractivity contribution in [2.24, 2.45) is 0 Å². The third-order valence-corrected chi connectivity index (χ3v) is 14.0. The molecular weight excluding hydrogens is 939 g/mol. The minimum Gasteiger partial charge on any atom is -0.394 e. The number of carbonyl (C=O) groups excluding carboxylic acids is 1. The van der Waals surface area contributed by atoms with E-state index in [1.54, 1.807) is 6.08 Å². The summed E-state index contributed by atoms with van der Waals surface area (Å²) in [5, 5.41) is 119. The fourth-order valence-electron chi connectivity index (χ4n) is 9.38. The zero-order chi connectivity index (χ0) is 52.7. The van der Waals surface area contributed by atoms with E-state index < -0.39 is 124 Å². The zero-order valence-corrected chi connectivity index (χ0v) is 43.4. The van der Waals surface area contributed by atoms with E-state index in [-0.39, 0.29) is 18.9 Å². The topological polar surface area (TPSA) is 307 Å². The monoisotopic (exact) mass is 1040 g/mol. The molecule has 0 aliphatic carbocycles. The van der Waals surface area contributed by atoms with Crippen molar-refractivity contribution in [2.75, 3.05) is 26.4 Å². The summed E-state index contributed by atoms with van der Waals surface area (Å²) in [5.41, 5.74) is 0. The second-order valence-electron chi connectivity index (χ2n) is 20.0. The molecule has 0 aromatic heterocycles. The third kappa shape index (κ3) is 22.9. The second-order valence-corrected chi connectivity index (χ2v) is 20.0. The fourth-order valence-corrected chi connectivity index (χ4v) is 9.38. The van der Waals surface area contributed by atoms with E-state index in [2.05, 4.69) is 24.4 Å². The Hall–Kier alpha value is -1.73. The summed E-state index contributed by atoms with van der Waals surface area (Å²) in [6, 6.07) is -0.981. The maximum Gasteiger partial charge on any atom is 0.220 e. The van der Waals surface area contributed by atoms with Crippen molar-refractivity contribution in [2.45, 2.75) is 279 Å². The van der Waals surface area contributed by atoms with Crippen LogP contribution < -0.4 is 5.32 Å². The van der Waals surface area contributed by atoms with Crippen molar-refractivity contribution >= 4 is 5.91 Å². The van der Waals surface area contributed by atoms with Crippen molar-refractivity contribution in [3.05, 3.63) is 24.3 Å². The molecule has 0 saturated carbocycles. The lowest BCUT2D eigenvalue weighted by atomic mass is 9.96. The van der Waals surface area contributed by atoms with Crippen LogP contribution in [0.2, 0.25) is 0 Å². The Balaban J connectivity index is 1.41. The lowest BCUT2D eigenvalue weighted by Gasteiger charge is -2.48. The summed E-state index contributed by atoms with van der Waals surface area (Å²) in [6.07, 6.45) is 10.2. The normalized spacial score (nSPS) is 32.2. The number of hydrogen-bond donors (Lipinski definition) is 12. The van der Waals surface area contributed by atoms with Crippen molar-refractivity contribution in [1.82, 2.24) is 5.32 Å². The molecule has 12 N–H and O–H groups in total. The average molecular weight is 1040 g/mol. The first kappa shape index (κ1) is 64.6. The predicted octanol–water partition coefficient (Wildman–Crippen LogP) is 3.20. The molecule has 17 unspecified atom stereocenters. The maximum atomic E-state index is 12.9. The number of unbranched alkanes of at least 4 members (excludes halogenated alkanes) is 21. The van der Waals surface area contributed by atoms with E-state index in [0.717, 1.165) is 32.1 Å². The largest absolute Gasteiger partial charge is 0.394 e. The van der Waals surface area contributed by atoms with Gasteiger partial charge in [-0.15, -0.1) is 0 Å². The standard InChI is InChI=1S/C53H97NO18/c1-3-5-7-8-9-10-11-12-13-14-15-16-17-18-19-20-21-22-23-24-25-26-27-29-30-37(58)36(54-41(59)31-28-6-4-2)35-67-51-47(65)44(62)49(39(33-56)69-51)72-53-48(66)45(63)50(40(34-57)70-53)71-52-46(64)43(61)42(60)38(32-55)68-52/h24-25,29-30,36-40,42-53,55-58,60-66H,3-23,26-28,31-35H2,1-2H3,(H,54,59)/b25-24+,30-29+. The highest BCUT2D eigenvalue weighted by atomic mass is 16.8. The van der Waals surface area contributed by atoms with Crippen molar-refractivity contribution in [1.29, 1.82) is 0 Å². The van der Waals surface area contributed by atoms with E-state index in [1.165, 1.54) is 109 Å². The Bertz CT molecular complexity index is 1430. The van der Waals surface area contributed by atoms with E-state index >= 15 is 0 Å². The molecule has 3 aliphatic rings. The minimum atomic E-state index is -1.98. The number of nitrogens with one attached hydrogen (secondary N) is 1. The molecule has 0 aromatic carbocycles. The van der Waals surface area contributed by atoms with Gasteiger partial charge in [0, 0.05) is 6.42 Å². The van der Waals surface area contributed by atoms with Crippen molar-refractivity contribution in [3.63, 3.8) is 0 Å². The molecule has 0 radical (unpaired) electrons. The van der Waals surface area contributed by atoms with Gasteiger partial charge in [-0.25, -0.2) is 0 Å². The molecule has 3 aliphatic heterocycles. The molecule has 0 bridgehead atoms. The Morgan fingerprint density at radius 2 is 0.889 bits per heavy atom. The molecule has 19 nitrogen and oxygen atoms in total. The number of amides is 1. The lowest BCUT2D eigenvalue weighted by molar-refractivity contribution is -0.379. The number of allylic oxidation sites excluding steroid dienone is 3. The first-order valence-corrected chi connectivity index (χ1v) is 27.6. The van der Waals surface area contributed by atoms with E-state index in [4.69, 9.17) is 28.4 Å². The van der Waals surface area contributed by atoms with Gasteiger partial charge in [-0.1, -0.05) is 160 Å². The summed E-state index contributed by atoms with van der Waals surface area (Å²) < 4.78 is 33.9. The van der Waals surface area contributed by atoms with Crippen molar-refractivity contribution in [3.8, 4) is 0 Å². The Morgan fingerprint density at radius 1 is 0.486 bits per heavy atom. The average Bonchev–Trinajstić information content (AvgIpc) is 3.37. The van der Waals surface area contributed by atoms with Crippen LogP contribution in [0.15, 0.2) is 24.3 Å². The predicted molar refractivity (Wildman–Crippen MR) is 268 cm³/mol. The fraction of sp³-hybridized carbons (Fsp3) is 0.906. The van der Waals surface area contributed by atoms with Gasteiger partial charge in [-0.05, 0) is 32.1 Å². The zero-order valence-electron chi connectivity index (χ0n) is 43.4. The van der Waals surface area contributed by atoms with Crippen LogP contribution in [0.3, 0.4) is 0 Å². The van der Waals surface area contributed by atoms with Gasteiger partial charge in [0.15, 0.2) is 18.9 Å². The quantitative estimate of drug-likeness (QED) is 0.0311. The van der Waals surface area contributed by atoms with Gasteiger partial charge in [-0.3, -0.25) is 4.79 Å². The number of aliphatic hydroxyl groups is 11. The van der Waals surface area contributed by atoms with Gasteiger partial charge in [0.25, 0.3) is 0 Å². The Kier molecular flexibility index (Phi) is 34.0. The van der Waals surface area contributed by atoms with Crippen LogP contribution in [0, 0.1) is 0 Å². The first-order valence-electron chi connectivity index (χ1n) is 27.6. The van der Waals surface area contributed by atoms with Gasteiger partial charge in [-0.2, -0.15) is 0 Å². The Morgan fingerprint density at radius 3 is 1.39 bits per heavy atom. The highest BCUT2D eigenvalue weighted by molar-refractivity contribution is 5.76. The smallest absolute Gasteiger partial charge is 0.220 e.